The highest BCUT2D eigenvalue weighted by Crippen LogP contribution is 2.30. The summed E-state index contributed by atoms with van der Waals surface area (Å²) in [5.74, 6) is 0. The van der Waals surface area contributed by atoms with Crippen LogP contribution in [0.5, 0.6) is 0 Å². The molecular formula is C13H17N3S2. The Balaban J connectivity index is 2.07. The molecule has 96 valence electrons. The monoisotopic (exact) mass is 279 g/mol. The summed E-state index contributed by atoms with van der Waals surface area (Å²) in [7, 11) is 1.97. The van der Waals surface area contributed by atoms with E-state index in [4.69, 9.17) is 0 Å². The molecule has 0 aliphatic rings. The third kappa shape index (κ3) is 3.31. The Kier molecular flexibility index (Phi) is 4.74. The van der Waals surface area contributed by atoms with Crippen LogP contribution in [0.2, 0.25) is 0 Å². The van der Waals surface area contributed by atoms with Gasteiger partial charge in [0.25, 0.3) is 0 Å². The molecule has 0 saturated heterocycles. The van der Waals surface area contributed by atoms with Crippen LogP contribution in [0.4, 0.5) is 0 Å². The number of pyridine rings is 1. The van der Waals surface area contributed by atoms with Crippen molar-refractivity contribution in [3.63, 3.8) is 0 Å². The van der Waals surface area contributed by atoms with Gasteiger partial charge in [-0.25, -0.2) is 4.98 Å². The van der Waals surface area contributed by atoms with Gasteiger partial charge in [0.2, 0.25) is 0 Å². The zero-order valence-electron chi connectivity index (χ0n) is 10.8. The SMILES string of the molecule is CCC(NC)c1ccc(Sc2nc(C)cs2)cn1. The summed E-state index contributed by atoms with van der Waals surface area (Å²) in [5, 5.41) is 5.33. The van der Waals surface area contributed by atoms with Gasteiger partial charge in [-0.15, -0.1) is 11.3 Å². The highest BCUT2D eigenvalue weighted by Gasteiger charge is 2.08. The Morgan fingerprint density at radius 3 is 2.78 bits per heavy atom. The maximum absolute atomic E-state index is 4.52. The molecule has 3 nitrogen and oxygen atoms in total. The Morgan fingerprint density at radius 1 is 1.44 bits per heavy atom. The van der Waals surface area contributed by atoms with Gasteiger partial charge in [-0.2, -0.15) is 0 Å². The van der Waals surface area contributed by atoms with Crippen molar-refractivity contribution in [2.45, 2.75) is 35.5 Å². The van der Waals surface area contributed by atoms with Gasteiger partial charge in [0.05, 0.1) is 5.69 Å². The lowest BCUT2D eigenvalue weighted by atomic mass is 10.1. The maximum Gasteiger partial charge on any atom is 0.154 e. The van der Waals surface area contributed by atoms with E-state index in [9.17, 15) is 0 Å². The van der Waals surface area contributed by atoms with E-state index in [2.05, 4.69) is 39.7 Å². The number of hydrogen-bond acceptors (Lipinski definition) is 5. The third-order valence-corrected chi connectivity index (χ3v) is 4.71. The second-order valence-corrected chi connectivity index (χ2v) is 6.20. The van der Waals surface area contributed by atoms with Crippen molar-refractivity contribution in [1.82, 2.24) is 15.3 Å². The molecule has 2 rings (SSSR count). The van der Waals surface area contributed by atoms with Gasteiger partial charge in [0, 0.05) is 28.2 Å². The highest BCUT2D eigenvalue weighted by atomic mass is 32.2. The number of rotatable bonds is 5. The van der Waals surface area contributed by atoms with Gasteiger partial charge in [-0.1, -0.05) is 18.7 Å². The van der Waals surface area contributed by atoms with Crippen molar-refractivity contribution >= 4 is 23.1 Å². The average molecular weight is 279 g/mol. The van der Waals surface area contributed by atoms with Gasteiger partial charge in [-0.05, 0) is 32.5 Å². The Hall–Kier alpha value is -0.910. The summed E-state index contributed by atoms with van der Waals surface area (Å²) >= 11 is 3.34. The minimum Gasteiger partial charge on any atom is -0.312 e. The summed E-state index contributed by atoms with van der Waals surface area (Å²) in [4.78, 5) is 10.1. The molecule has 1 atom stereocenters. The molecule has 1 unspecified atom stereocenters. The first-order valence-corrected chi connectivity index (χ1v) is 7.65. The molecule has 2 aromatic rings. The maximum atomic E-state index is 4.52. The second kappa shape index (κ2) is 6.31. The van der Waals surface area contributed by atoms with Crippen LogP contribution in [0.3, 0.4) is 0 Å². The molecule has 2 heterocycles. The lowest BCUT2D eigenvalue weighted by Crippen LogP contribution is -2.16. The molecule has 0 fully saturated rings. The van der Waals surface area contributed by atoms with Crippen molar-refractivity contribution in [1.29, 1.82) is 0 Å². The molecule has 2 aromatic heterocycles. The van der Waals surface area contributed by atoms with Gasteiger partial charge >= 0.3 is 0 Å². The smallest absolute Gasteiger partial charge is 0.154 e. The molecule has 0 saturated carbocycles. The lowest BCUT2D eigenvalue weighted by Gasteiger charge is -2.12. The van der Waals surface area contributed by atoms with E-state index in [1.54, 1.807) is 23.1 Å². The highest BCUT2D eigenvalue weighted by molar-refractivity contribution is 8.01. The summed E-state index contributed by atoms with van der Waals surface area (Å²) in [6.07, 6.45) is 2.97. The number of nitrogens with zero attached hydrogens (tertiary/aromatic N) is 2. The van der Waals surface area contributed by atoms with Crippen molar-refractivity contribution in [3.05, 3.63) is 35.1 Å². The van der Waals surface area contributed by atoms with E-state index in [1.165, 1.54) is 0 Å². The predicted octanol–water partition coefficient (Wildman–Crippen LogP) is 3.67. The number of hydrogen-bond donors (Lipinski definition) is 1. The Labute approximate surface area is 116 Å². The van der Waals surface area contributed by atoms with E-state index in [0.29, 0.717) is 6.04 Å². The van der Waals surface area contributed by atoms with Gasteiger partial charge in [0.15, 0.2) is 4.34 Å². The molecule has 0 radical (unpaired) electrons. The van der Waals surface area contributed by atoms with Crippen LogP contribution < -0.4 is 5.32 Å². The van der Waals surface area contributed by atoms with Crippen LogP contribution in [-0.2, 0) is 0 Å². The Bertz CT molecular complexity index is 489. The Morgan fingerprint density at radius 2 is 2.28 bits per heavy atom. The van der Waals surface area contributed by atoms with Crippen LogP contribution >= 0.6 is 23.1 Å². The molecular weight excluding hydrogens is 262 g/mol. The summed E-state index contributed by atoms with van der Waals surface area (Å²) in [6, 6.07) is 4.54. The first-order chi connectivity index (χ1) is 8.72. The number of thiazole rings is 1. The van der Waals surface area contributed by atoms with Crippen LogP contribution in [0.1, 0.15) is 30.8 Å². The lowest BCUT2D eigenvalue weighted by molar-refractivity contribution is 0.561. The minimum absolute atomic E-state index is 0.339. The van der Waals surface area contributed by atoms with Crippen LogP contribution in [-0.4, -0.2) is 17.0 Å². The fourth-order valence-corrected chi connectivity index (χ4v) is 3.48. The van der Waals surface area contributed by atoms with E-state index in [0.717, 1.165) is 27.0 Å². The van der Waals surface area contributed by atoms with E-state index >= 15 is 0 Å². The standard InChI is InChI=1S/C13H17N3S2/c1-4-11(14-3)12-6-5-10(7-15-12)18-13-16-9(2)8-17-13/h5-8,11,14H,4H2,1-3H3. The molecule has 0 amide bonds. The minimum atomic E-state index is 0.339. The van der Waals surface area contributed by atoms with Gasteiger partial charge in [-0.3, -0.25) is 4.98 Å². The van der Waals surface area contributed by atoms with Crippen molar-refractivity contribution in [2.24, 2.45) is 0 Å². The predicted molar refractivity (Wildman–Crippen MR) is 77.3 cm³/mol. The molecule has 0 aliphatic carbocycles. The molecule has 18 heavy (non-hydrogen) atoms. The number of aromatic nitrogens is 2. The molecule has 0 aliphatic heterocycles. The third-order valence-electron chi connectivity index (χ3n) is 2.68. The van der Waals surface area contributed by atoms with Gasteiger partial charge in [0.1, 0.15) is 0 Å². The van der Waals surface area contributed by atoms with Crippen molar-refractivity contribution < 1.29 is 0 Å². The second-order valence-electron chi connectivity index (χ2n) is 4.03. The van der Waals surface area contributed by atoms with Crippen LogP contribution in [0.15, 0.2) is 32.9 Å². The summed E-state index contributed by atoms with van der Waals surface area (Å²) in [6.45, 7) is 4.17. The first-order valence-electron chi connectivity index (χ1n) is 5.96. The summed E-state index contributed by atoms with van der Waals surface area (Å²) in [5.41, 5.74) is 2.17. The van der Waals surface area contributed by atoms with Crippen molar-refractivity contribution in [2.75, 3.05) is 7.05 Å². The van der Waals surface area contributed by atoms with Crippen LogP contribution in [0.25, 0.3) is 0 Å². The molecule has 1 N–H and O–H groups in total. The fraction of sp³-hybridized carbons (Fsp3) is 0.385. The summed E-state index contributed by atoms with van der Waals surface area (Å²) < 4.78 is 1.07. The largest absolute Gasteiger partial charge is 0.312 e. The van der Waals surface area contributed by atoms with E-state index in [-0.39, 0.29) is 0 Å². The first kappa shape index (κ1) is 13.5. The number of aryl methyl sites for hydroxylation is 1. The zero-order valence-corrected chi connectivity index (χ0v) is 12.4. The van der Waals surface area contributed by atoms with Gasteiger partial charge < -0.3 is 5.32 Å². The molecule has 0 bridgehead atoms. The van der Waals surface area contributed by atoms with E-state index < -0.39 is 0 Å². The molecule has 0 spiro atoms. The van der Waals surface area contributed by atoms with Crippen molar-refractivity contribution in [3.8, 4) is 0 Å². The van der Waals surface area contributed by atoms with E-state index in [1.807, 2.05) is 20.2 Å². The topological polar surface area (TPSA) is 37.8 Å². The van der Waals surface area contributed by atoms with Crippen LogP contribution in [0, 0.1) is 6.92 Å². The molecule has 0 aromatic carbocycles. The quantitative estimate of drug-likeness (QED) is 0.906. The number of nitrogens with one attached hydrogen (secondary N) is 1. The normalized spacial score (nSPS) is 12.6. The molecule has 5 heteroatoms. The fourth-order valence-electron chi connectivity index (χ4n) is 1.70. The average Bonchev–Trinajstić information content (AvgIpc) is 2.78. The zero-order chi connectivity index (χ0) is 13.0.